The Bertz CT molecular complexity index is 1130. The van der Waals surface area contributed by atoms with Gasteiger partial charge < -0.3 is 4.74 Å². The Balaban J connectivity index is 1.75. The fourth-order valence-corrected chi connectivity index (χ4v) is 5.65. The van der Waals surface area contributed by atoms with Gasteiger partial charge in [-0.3, -0.25) is 0 Å². The fourth-order valence-electron chi connectivity index (χ4n) is 4.16. The molecule has 0 amide bonds. The smallest absolute Gasteiger partial charge is 0.243 e. The van der Waals surface area contributed by atoms with Crippen molar-refractivity contribution in [2.45, 2.75) is 23.7 Å². The molecule has 0 bridgehead atoms. The summed E-state index contributed by atoms with van der Waals surface area (Å²) >= 11 is 0. The van der Waals surface area contributed by atoms with Crippen LogP contribution in [0.25, 0.3) is 0 Å². The first-order valence-electron chi connectivity index (χ1n) is 9.85. The maximum absolute atomic E-state index is 13.5. The van der Waals surface area contributed by atoms with Gasteiger partial charge in [0.25, 0.3) is 0 Å². The van der Waals surface area contributed by atoms with E-state index in [0.717, 1.165) is 22.4 Å². The van der Waals surface area contributed by atoms with Gasteiger partial charge in [0.1, 0.15) is 11.6 Å². The van der Waals surface area contributed by atoms with Gasteiger partial charge in [-0.1, -0.05) is 48.0 Å². The van der Waals surface area contributed by atoms with E-state index in [0.29, 0.717) is 13.1 Å². The molecule has 0 radical (unpaired) electrons. The number of nitrogens with zero attached hydrogens (tertiary/aromatic N) is 1. The number of halogens is 1. The molecule has 1 aliphatic rings. The first-order chi connectivity index (χ1) is 14.4. The second kappa shape index (κ2) is 8.20. The Labute approximate surface area is 177 Å². The number of aryl methyl sites for hydroxylation is 1. The van der Waals surface area contributed by atoms with Gasteiger partial charge in [0.05, 0.1) is 12.0 Å². The summed E-state index contributed by atoms with van der Waals surface area (Å²) in [6.45, 7) is 2.58. The van der Waals surface area contributed by atoms with Crippen LogP contribution in [0.1, 0.15) is 28.5 Å². The molecule has 3 aromatic carbocycles. The van der Waals surface area contributed by atoms with Crippen molar-refractivity contribution in [2.24, 2.45) is 0 Å². The quantitative estimate of drug-likeness (QED) is 0.595. The summed E-state index contributed by atoms with van der Waals surface area (Å²) in [5, 5.41) is 0. The van der Waals surface area contributed by atoms with E-state index in [-0.39, 0.29) is 22.5 Å². The highest BCUT2D eigenvalue weighted by Gasteiger charge is 2.41. The largest absolute Gasteiger partial charge is 0.496 e. The minimum atomic E-state index is -3.65. The third kappa shape index (κ3) is 3.85. The molecule has 0 N–H and O–H groups in total. The lowest BCUT2D eigenvalue weighted by molar-refractivity contribution is 0.403. The van der Waals surface area contributed by atoms with Crippen LogP contribution < -0.4 is 4.74 Å². The van der Waals surface area contributed by atoms with Crippen LogP contribution in [0.4, 0.5) is 4.39 Å². The summed E-state index contributed by atoms with van der Waals surface area (Å²) in [6.07, 6.45) is 0. The van der Waals surface area contributed by atoms with E-state index >= 15 is 0 Å². The van der Waals surface area contributed by atoms with Gasteiger partial charge in [0.2, 0.25) is 10.0 Å². The molecule has 1 saturated heterocycles. The summed E-state index contributed by atoms with van der Waals surface area (Å²) in [5.41, 5.74) is 2.87. The summed E-state index contributed by atoms with van der Waals surface area (Å²) in [5.74, 6) is 0.202. The molecule has 4 rings (SSSR count). The Morgan fingerprint density at radius 2 is 1.53 bits per heavy atom. The summed E-state index contributed by atoms with van der Waals surface area (Å²) < 4.78 is 47.3. The molecule has 3 aromatic rings. The second-order valence-corrected chi connectivity index (χ2v) is 9.58. The van der Waals surface area contributed by atoms with Gasteiger partial charge in [0.15, 0.2) is 0 Å². The number of hydrogen-bond donors (Lipinski definition) is 0. The van der Waals surface area contributed by atoms with Crippen LogP contribution >= 0.6 is 0 Å². The molecule has 30 heavy (non-hydrogen) atoms. The van der Waals surface area contributed by atoms with Gasteiger partial charge >= 0.3 is 0 Å². The highest BCUT2D eigenvalue weighted by molar-refractivity contribution is 7.89. The molecule has 6 heteroatoms. The average Bonchev–Trinajstić information content (AvgIpc) is 3.20. The minimum absolute atomic E-state index is 0.105. The number of rotatable bonds is 5. The number of benzene rings is 3. The van der Waals surface area contributed by atoms with Crippen LogP contribution in [0.3, 0.4) is 0 Å². The van der Waals surface area contributed by atoms with Gasteiger partial charge in [-0.25, -0.2) is 12.8 Å². The highest BCUT2D eigenvalue weighted by Crippen LogP contribution is 2.44. The van der Waals surface area contributed by atoms with Crippen LogP contribution in [0.2, 0.25) is 0 Å². The highest BCUT2D eigenvalue weighted by atomic mass is 32.2. The zero-order chi connectivity index (χ0) is 21.3. The van der Waals surface area contributed by atoms with Crippen molar-refractivity contribution in [3.8, 4) is 5.75 Å². The van der Waals surface area contributed by atoms with E-state index < -0.39 is 10.0 Å². The molecular weight excluding hydrogens is 401 g/mol. The van der Waals surface area contributed by atoms with E-state index in [9.17, 15) is 12.8 Å². The first-order valence-corrected chi connectivity index (χ1v) is 11.3. The van der Waals surface area contributed by atoms with Gasteiger partial charge in [-0.15, -0.1) is 0 Å². The number of methoxy groups -OCH3 is 1. The molecule has 0 spiro atoms. The van der Waals surface area contributed by atoms with Crippen molar-refractivity contribution < 1.29 is 17.5 Å². The van der Waals surface area contributed by atoms with E-state index in [2.05, 4.69) is 0 Å². The van der Waals surface area contributed by atoms with E-state index in [1.807, 2.05) is 31.2 Å². The predicted octanol–water partition coefficient (Wildman–Crippen LogP) is 4.71. The van der Waals surface area contributed by atoms with E-state index in [4.69, 9.17) is 4.74 Å². The van der Waals surface area contributed by atoms with Crippen LogP contribution in [-0.4, -0.2) is 32.9 Å². The fraction of sp³-hybridized carbons (Fsp3) is 0.250. The van der Waals surface area contributed by atoms with Crippen molar-refractivity contribution in [2.75, 3.05) is 20.2 Å². The maximum Gasteiger partial charge on any atom is 0.243 e. The molecule has 1 fully saturated rings. The monoisotopic (exact) mass is 425 g/mol. The molecule has 0 aliphatic carbocycles. The zero-order valence-electron chi connectivity index (χ0n) is 17.0. The normalized spacial score (nSPS) is 19.7. The van der Waals surface area contributed by atoms with E-state index in [1.165, 1.54) is 16.4 Å². The molecule has 1 heterocycles. The van der Waals surface area contributed by atoms with Gasteiger partial charge in [-0.05, 0) is 48.4 Å². The molecule has 2 atom stereocenters. The van der Waals surface area contributed by atoms with Crippen molar-refractivity contribution in [3.63, 3.8) is 0 Å². The third-order valence-electron chi connectivity index (χ3n) is 5.78. The standard InChI is InChI=1S/C24H24FNO3S/c1-17-7-13-20(14-8-17)30(27,28)26-15-22(18-9-11-19(25)12-10-18)23(16-26)21-5-3-4-6-24(21)29-2/h3-14,22-23H,15-16H2,1-2H3/t22-,23+/m1/s1. The SMILES string of the molecule is COc1ccccc1[C@@H]1CN(S(=O)(=O)c2ccc(C)cc2)C[C@@H]1c1ccc(F)cc1. The van der Waals surface area contributed by atoms with Gasteiger partial charge in [-0.2, -0.15) is 4.31 Å². The third-order valence-corrected chi connectivity index (χ3v) is 7.63. The average molecular weight is 426 g/mol. The summed E-state index contributed by atoms with van der Waals surface area (Å²) in [4.78, 5) is 0.284. The molecule has 4 nitrogen and oxygen atoms in total. The Morgan fingerprint density at radius 1 is 0.900 bits per heavy atom. The lowest BCUT2D eigenvalue weighted by atomic mass is 9.83. The Hall–Kier alpha value is -2.70. The molecule has 0 saturated carbocycles. The molecule has 0 aromatic heterocycles. The van der Waals surface area contributed by atoms with Crippen molar-refractivity contribution in [1.29, 1.82) is 0 Å². The zero-order valence-corrected chi connectivity index (χ0v) is 17.8. The van der Waals surface area contributed by atoms with Crippen molar-refractivity contribution in [1.82, 2.24) is 4.31 Å². The van der Waals surface area contributed by atoms with Gasteiger partial charge in [0, 0.05) is 24.9 Å². The Kier molecular flexibility index (Phi) is 5.62. The summed E-state index contributed by atoms with van der Waals surface area (Å²) in [7, 11) is -2.03. The predicted molar refractivity (Wildman–Crippen MR) is 115 cm³/mol. The van der Waals surface area contributed by atoms with Crippen molar-refractivity contribution in [3.05, 3.63) is 95.3 Å². The lowest BCUT2D eigenvalue weighted by Gasteiger charge is -2.21. The first kappa shape index (κ1) is 20.6. The molecular formula is C24H24FNO3S. The van der Waals surface area contributed by atoms with Crippen LogP contribution in [0.15, 0.2) is 77.7 Å². The van der Waals surface area contributed by atoms with Crippen LogP contribution in [0.5, 0.6) is 5.75 Å². The number of para-hydroxylation sites is 1. The van der Waals surface area contributed by atoms with Crippen LogP contribution in [0, 0.1) is 12.7 Å². The molecule has 156 valence electrons. The summed E-state index contributed by atoms with van der Waals surface area (Å²) in [6, 6.07) is 20.9. The lowest BCUT2D eigenvalue weighted by Crippen LogP contribution is -2.29. The minimum Gasteiger partial charge on any atom is -0.496 e. The van der Waals surface area contributed by atoms with Crippen LogP contribution in [-0.2, 0) is 10.0 Å². The number of sulfonamides is 1. The molecule has 1 aliphatic heterocycles. The molecule has 0 unspecified atom stereocenters. The number of hydrogen-bond acceptors (Lipinski definition) is 3. The second-order valence-electron chi connectivity index (χ2n) is 7.64. The topological polar surface area (TPSA) is 46.6 Å². The van der Waals surface area contributed by atoms with E-state index in [1.54, 1.807) is 43.5 Å². The Morgan fingerprint density at radius 3 is 2.20 bits per heavy atom. The van der Waals surface area contributed by atoms with Crippen molar-refractivity contribution >= 4 is 10.0 Å². The number of ether oxygens (including phenoxy) is 1. The maximum atomic E-state index is 13.5.